The number of hydrogen-bond acceptors (Lipinski definition) is 3. The Kier molecular flexibility index (Phi) is 5.08. The maximum atomic E-state index is 12.0. The van der Waals surface area contributed by atoms with Crippen molar-refractivity contribution in [1.82, 2.24) is 0 Å². The summed E-state index contributed by atoms with van der Waals surface area (Å²) in [5.74, 6) is 0.0117. The first-order valence-corrected chi connectivity index (χ1v) is 7.81. The lowest BCUT2D eigenvalue weighted by molar-refractivity contribution is 0.0979. The summed E-state index contributed by atoms with van der Waals surface area (Å²) in [4.78, 5) is 12.1. The van der Waals surface area contributed by atoms with Crippen LogP contribution in [0, 0.1) is 0 Å². The largest absolute Gasteiger partial charge is 0.294 e. The van der Waals surface area contributed by atoms with E-state index in [9.17, 15) is 13.2 Å². The van der Waals surface area contributed by atoms with Crippen LogP contribution < -0.4 is 0 Å². The van der Waals surface area contributed by atoms with Crippen molar-refractivity contribution in [3.8, 4) is 0 Å². The minimum absolute atomic E-state index is 0.0117. The minimum atomic E-state index is -3.31. The molecule has 0 spiro atoms. The van der Waals surface area contributed by atoms with Gasteiger partial charge in [0.25, 0.3) is 0 Å². The molecular weight excluding hydrogens is 248 g/mol. The number of unbranched alkanes of at least 4 members (excludes halogenated alkanes) is 1. The number of hydrogen-bond donors (Lipinski definition) is 0. The molecule has 1 rings (SSSR count). The second kappa shape index (κ2) is 6.14. The van der Waals surface area contributed by atoms with E-state index in [1.54, 1.807) is 32.0 Å². The second-order valence-corrected chi connectivity index (χ2v) is 7.15. The molecule has 0 radical (unpaired) electrons. The fourth-order valence-electron chi connectivity index (χ4n) is 1.60. The second-order valence-electron chi connectivity index (χ2n) is 4.65. The number of rotatable bonds is 6. The predicted octanol–water partition coefficient (Wildman–Crippen LogP) is 3.24. The van der Waals surface area contributed by atoms with E-state index >= 15 is 0 Å². The number of carbonyl (C=O) groups is 1. The van der Waals surface area contributed by atoms with Crippen molar-refractivity contribution in [2.24, 2.45) is 0 Å². The van der Waals surface area contributed by atoms with Crippen molar-refractivity contribution in [1.29, 1.82) is 0 Å². The molecule has 1 aromatic rings. The summed E-state index contributed by atoms with van der Waals surface area (Å²) in [5.41, 5.74) is 0.491. The molecule has 100 valence electrons. The molecule has 0 aliphatic rings. The normalized spacial score (nSPS) is 11.8. The van der Waals surface area contributed by atoms with Crippen LogP contribution in [0.15, 0.2) is 29.2 Å². The van der Waals surface area contributed by atoms with E-state index in [0.29, 0.717) is 12.0 Å². The highest BCUT2D eigenvalue weighted by Crippen LogP contribution is 2.18. The molecule has 0 N–H and O–H groups in total. The van der Waals surface area contributed by atoms with Gasteiger partial charge in [0.15, 0.2) is 15.6 Å². The molecule has 0 saturated carbocycles. The van der Waals surface area contributed by atoms with Gasteiger partial charge in [-0.05, 0) is 32.4 Å². The summed E-state index contributed by atoms with van der Waals surface area (Å²) in [6, 6.07) is 6.35. The van der Waals surface area contributed by atoms with Crippen molar-refractivity contribution >= 4 is 15.6 Å². The lowest BCUT2D eigenvalue weighted by Crippen LogP contribution is -2.14. The third kappa shape index (κ3) is 3.42. The average molecular weight is 268 g/mol. The number of benzene rings is 1. The van der Waals surface area contributed by atoms with Crippen molar-refractivity contribution in [3.05, 3.63) is 29.8 Å². The molecule has 0 saturated heterocycles. The zero-order valence-corrected chi connectivity index (χ0v) is 12.0. The molecule has 0 aromatic heterocycles. The molecule has 0 aliphatic heterocycles. The van der Waals surface area contributed by atoms with Crippen LogP contribution in [0.2, 0.25) is 0 Å². The summed E-state index contributed by atoms with van der Waals surface area (Å²) in [7, 11) is -3.31. The molecule has 3 nitrogen and oxygen atoms in total. The van der Waals surface area contributed by atoms with Crippen LogP contribution in [0.1, 0.15) is 50.4 Å². The molecule has 0 bridgehead atoms. The Balaban J connectivity index is 3.03. The van der Waals surface area contributed by atoms with E-state index < -0.39 is 15.1 Å². The molecule has 0 unspecified atom stereocenters. The Morgan fingerprint density at radius 2 is 1.94 bits per heavy atom. The van der Waals surface area contributed by atoms with Gasteiger partial charge in [-0.2, -0.15) is 0 Å². The number of ketones is 1. The summed E-state index contributed by atoms with van der Waals surface area (Å²) in [6.07, 6.45) is 2.26. The third-order valence-corrected chi connectivity index (χ3v) is 5.01. The van der Waals surface area contributed by atoms with Gasteiger partial charge in [-0.3, -0.25) is 4.79 Å². The van der Waals surface area contributed by atoms with Gasteiger partial charge in [0.05, 0.1) is 10.1 Å². The highest BCUT2D eigenvalue weighted by Gasteiger charge is 2.20. The SMILES string of the molecule is CCCCC(=O)c1cccc(S(=O)(=O)C(C)C)c1. The molecule has 0 atom stereocenters. The minimum Gasteiger partial charge on any atom is -0.294 e. The molecule has 0 heterocycles. The Bertz CT molecular complexity index is 516. The predicted molar refractivity (Wildman–Crippen MR) is 72.6 cm³/mol. The van der Waals surface area contributed by atoms with Gasteiger partial charge in [0.2, 0.25) is 0 Å². The molecule has 0 aliphatic carbocycles. The van der Waals surface area contributed by atoms with E-state index in [4.69, 9.17) is 0 Å². The zero-order valence-electron chi connectivity index (χ0n) is 11.1. The Morgan fingerprint density at radius 1 is 1.28 bits per heavy atom. The number of carbonyl (C=O) groups excluding carboxylic acids is 1. The number of Topliss-reactive ketones (excluding diaryl/α,β-unsaturated/α-hetero) is 1. The third-order valence-electron chi connectivity index (χ3n) is 2.86. The van der Waals surface area contributed by atoms with E-state index in [2.05, 4.69) is 0 Å². The van der Waals surface area contributed by atoms with Crippen LogP contribution in [0.25, 0.3) is 0 Å². The van der Waals surface area contributed by atoms with Gasteiger partial charge in [0, 0.05) is 12.0 Å². The van der Waals surface area contributed by atoms with E-state index in [-0.39, 0.29) is 10.7 Å². The highest BCUT2D eigenvalue weighted by molar-refractivity contribution is 7.92. The Hall–Kier alpha value is -1.16. The Morgan fingerprint density at radius 3 is 2.50 bits per heavy atom. The van der Waals surface area contributed by atoms with Gasteiger partial charge in [-0.15, -0.1) is 0 Å². The maximum Gasteiger partial charge on any atom is 0.180 e. The van der Waals surface area contributed by atoms with Gasteiger partial charge in [-0.25, -0.2) is 8.42 Å². The standard InChI is InChI=1S/C14H20O3S/c1-4-5-9-14(15)12-7-6-8-13(10-12)18(16,17)11(2)3/h6-8,10-11H,4-5,9H2,1-3H3. The van der Waals surface area contributed by atoms with Crippen LogP contribution in [0.4, 0.5) is 0 Å². The lowest BCUT2D eigenvalue weighted by Gasteiger charge is -2.09. The average Bonchev–Trinajstić information content (AvgIpc) is 2.35. The summed E-state index contributed by atoms with van der Waals surface area (Å²) >= 11 is 0. The molecular formula is C14H20O3S. The fourth-order valence-corrected chi connectivity index (χ4v) is 2.70. The first-order chi connectivity index (χ1) is 8.39. The monoisotopic (exact) mass is 268 g/mol. The van der Waals surface area contributed by atoms with E-state index in [0.717, 1.165) is 12.8 Å². The molecule has 0 amide bonds. The van der Waals surface area contributed by atoms with E-state index in [1.165, 1.54) is 6.07 Å². The molecule has 4 heteroatoms. The molecule has 0 fully saturated rings. The quantitative estimate of drug-likeness (QED) is 0.744. The van der Waals surface area contributed by atoms with Crippen LogP contribution in [-0.2, 0) is 9.84 Å². The van der Waals surface area contributed by atoms with Crippen molar-refractivity contribution < 1.29 is 13.2 Å². The van der Waals surface area contributed by atoms with Gasteiger partial charge < -0.3 is 0 Å². The van der Waals surface area contributed by atoms with Gasteiger partial charge in [0.1, 0.15) is 0 Å². The summed E-state index contributed by atoms with van der Waals surface area (Å²) < 4.78 is 24.0. The summed E-state index contributed by atoms with van der Waals surface area (Å²) in [6.45, 7) is 5.30. The Labute approximate surface area is 109 Å². The lowest BCUT2D eigenvalue weighted by atomic mass is 10.1. The van der Waals surface area contributed by atoms with Crippen molar-refractivity contribution in [2.45, 2.75) is 50.2 Å². The highest BCUT2D eigenvalue weighted by atomic mass is 32.2. The van der Waals surface area contributed by atoms with Crippen molar-refractivity contribution in [3.63, 3.8) is 0 Å². The topological polar surface area (TPSA) is 51.2 Å². The molecule has 18 heavy (non-hydrogen) atoms. The van der Waals surface area contributed by atoms with E-state index in [1.807, 2.05) is 6.92 Å². The zero-order chi connectivity index (χ0) is 13.8. The summed E-state index contributed by atoms with van der Waals surface area (Å²) in [5, 5.41) is -0.474. The number of sulfone groups is 1. The van der Waals surface area contributed by atoms with Crippen LogP contribution in [-0.4, -0.2) is 19.5 Å². The maximum absolute atomic E-state index is 12.0. The van der Waals surface area contributed by atoms with Crippen LogP contribution >= 0.6 is 0 Å². The van der Waals surface area contributed by atoms with Gasteiger partial charge >= 0.3 is 0 Å². The first kappa shape index (κ1) is 14.9. The van der Waals surface area contributed by atoms with Gasteiger partial charge in [-0.1, -0.05) is 25.5 Å². The van der Waals surface area contributed by atoms with Crippen LogP contribution in [0.5, 0.6) is 0 Å². The molecule has 1 aromatic carbocycles. The van der Waals surface area contributed by atoms with Crippen molar-refractivity contribution in [2.75, 3.05) is 0 Å². The van der Waals surface area contributed by atoms with Crippen LogP contribution in [0.3, 0.4) is 0 Å². The smallest absolute Gasteiger partial charge is 0.180 e. The first-order valence-electron chi connectivity index (χ1n) is 6.26. The fraction of sp³-hybridized carbons (Fsp3) is 0.500.